The van der Waals surface area contributed by atoms with Crippen LogP contribution in [0.25, 0.3) is 0 Å². The molecular formula is C19H30N2O2. The zero-order chi connectivity index (χ0) is 16.7. The fourth-order valence-electron chi connectivity index (χ4n) is 3.32. The molecule has 1 fully saturated rings. The van der Waals surface area contributed by atoms with Crippen molar-refractivity contribution in [1.82, 2.24) is 10.2 Å². The molecule has 0 aliphatic heterocycles. The summed E-state index contributed by atoms with van der Waals surface area (Å²) in [5, 5.41) is 3.22. The zero-order valence-corrected chi connectivity index (χ0v) is 14.7. The van der Waals surface area contributed by atoms with Crippen LogP contribution in [-0.2, 0) is 11.2 Å². The van der Waals surface area contributed by atoms with Gasteiger partial charge in [0.1, 0.15) is 5.75 Å². The standard InChI is InChI=1S/C19H30N2O2/c1-4-23-18-11-6-5-8-15(18)12-13-19(22)20-16-9-7-10-17(14-16)21(2)3/h5-6,8,11,16-17H,4,7,9-10,12-14H2,1-3H3,(H,20,22)/t16-,17-/m1/s1. The first-order valence-electron chi connectivity index (χ1n) is 8.76. The van der Waals surface area contributed by atoms with Gasteiger partial charge in [0, 0.05) is 18.5 Å². The summed E-state index contributed by atoms with van der Waals surface area (Å²) in [5.41, 5.74) is 1.11. The maximum Gasteiger partial charge on any atom is 0.220 e. The molecular weight excluding hydrogens is 288 g/mol. The van der Waals surface area contributed by atoms with Gasteiger partial charge in [-0.3, -0.25) is 4.79 Å². The molecule has 1 aromatic carbocycles. The normalized spacial score (nSPS) is 21.2. The number of carbonyl (C=O) groups is 1. The highest BCUT2D eigenvalue weighted by atomic mass is 16.5. The average molecular weight is 318 g/mol. The molecule has 1 aliphatic rings. The highest BCUT2D eigenvalue weighted by Gasteiger charge is 2.24. The number of amides is 1. The van der Waals surface area contributed by atoms with Gasteiger partial charge in [-0.25, -0.2) is 0 Å². The Hall–Kier alpha value is -1.55. The highest BCUT2D eigenvalue weighted by molar-refractivity contribution is 5.76. The number of carbonyl (C=O) groups excluding carboxylic acids is 1. The molecule has 1 N–H and O–H groups in total. The molecule has 2 atom stereocenters. The van der Waals surface area contributed by atoms with Gasteiger partial charge < -0.3 is 15.0 Å². The van der Waals surface area contributed by atoms with E-state index in [-0.39, 0.29) is 5.91 Å². The second-order valence-electron chi connectivity index (χ2n) is 6.59. The van der Waals surface area contributed by atoms with Crippen LogP contribution in [0.15, 0.2) is 24.3 Å². The van der Waals surface area contributed by atoms with Crippen molar-refractivity contribution in [3.63, 3.8) is 0 Å². The molecule has 0 spiro atoms. The van der Waals surface area contributed by atoms with Crippen molar-refractivity contribution in [3.8, 4) is 5.75 Å². The van der Waals surface area contributed by atoms with Gasteiger partial charge in [-0.05, 0) is 64.8 Å². The Kier molecular flexibility index (Phi) is 6.90. The van der Waals surface area contributed by atoms with E-state index in [2.05, 4.69) is 24.3 Å². The van der Waals surface area contributed by atoms with Crippen molar-refractivity contribution in [2.75, 3.05) is 20.7 Å². The molecule has 0 radical (unpaired) electrons. The molecule has 23 heavy (non-hydrogen) atoms. The molecule has 0 bridgehead atoms. The predicted octanol–water partition coefficient (Wildman–Crippen LogP) is 3.01. The lowest BCUT2D eigenvalue weighted by Gasteiger charge is -2.33. The third-order valence-electron chi connectivity index (χ3n) is 4.64. The van der Waals surface area contributed by atoms with Crippen molar-refractivity contribution in [3.05, 3.63) is 29.8 Å². The Morgan fingerprint density at radius 2 is 2.09 bits per heavy atom. The van der Waals surface area contributed by atoms with E-state index in [1.165, 1.54) is 12.8 Å². The molecule has 1 saturated carbocycles. The Bertz CT molecular complexity index is 502. The maximum atomic E-state index is 12.3. The third kappa shape index (κ3) is 5.54. The molecule has 4 heteroatoms. The molecule has 1 aromatic rings. The lowest BCUT2D eigenvalue weighted by molar-refractivity contribution is -0.122. The van der Waals surface area contributed by atoms with Crippen LogP contribution in [0.1, 0.15) is 44.6 Å². The summed E-state index contributed by atoms with van der Waals surface area (Å²) in [6, 6.07) is 8.90. The van der Waals surface area contributed by atoms with E-state index in [1.807, 2.05) is 31.2 Å². The topological polar surface area (TPSA) is 41.6 Å². The molecule has 128 valence electrons. The quantitative estimate of drug-likeness (QED) is 0.840. The summed E-state index contributed by atoms with van der Waals surface area (Å²) in [6.07, 6.45) is 5.85. The second kappa shape index (κ2) is 8.92. The van der Waals surface area contributed by atoms with Crippen LogP contribution in [0.2, 0.25) is 0 Å². The van der Waals surface area contributed by atoms with E-state index in [1.54, 1.807) is 0 Å². The number of para-hydroxylation sites is 1. The third-order valence-corrected chi connectivity index (χ3v) is 4.64. The van der Waals surface area contributed by atoms with Gasteiger partial charge in [0.15, 0.2) is 0 Å². The predicted molar refractivity (Wildman–Crippen MR) is 93.8 cm³/mol. The molecule has 4 nitrogen and oxygen atoms in total. The molecule has 0 saturated heterocycles. The molecule has 1 aliphatic carbocycles. The van der Waals surface area contributed by atoms with Crippen molar-refractivity contribution < 1.29 is 9.53 Å². The first-order valence-corrected chi connectivity index (χ1v) is 8.76. The fourth-order valence-corrected chi connectivity index (χ4v) is 3.32. The van der Waals surface area contributed by atoms with E-state index < -0.39 is 0 Å². The molecule has 0 heterocycles. The van der Waals surface area contributed by atoms with Crippen LogP contribution >= 0.6 is 0 Å². The minimum atomic E-state index is 0.153. The Morgan fingerprint density at radius 3 is 2.83 bits per heavy atom. The number of hydrogen-bond donors (Lipinski definition) is 1. The smallest absolute Gasteiger partial charge is 0.220 e. The van der Waals surface area contributed by atoms with Crippen LogP contribution < -0.4 is 10.1 Å². The van der Waals surface area contributed by atoms with E-state index in [0.717, 1.165) is 30.6 Å². The number of benzene rings is 1. The van der Waals surface area contributed by atoms with Gasteiger partial charge in [0.2, 0.25) is 5.91 Å². The minimum absolute atomic E-state index is 0.153. The largest absolute Gasteiger partial charge is 0.494 e. The lowest BCUT2D eigenvalue weighted by Crippen LogP contribution is -2.43. The second-order valence-corrected chi connectivity index (χ2v) is 6.59. The van der Waals surface area contributed by atoms with Gasteiger partial charge in [-0.15, -0.1) is 0 Å². The zero-order valence-electron chi connectivity index (χ0n) is 14.7. The summed E-state index contributed by atoms with van der Waals surface area (Å²) in [6.45, 7) is 2.63. The van der Waals surface area contributed by atoms with E-state index in [0.29, 0.717) is 25.1 Å². The molecule has 0 aromatic heterocycles. The lowest BCUT2D eigenvalue weighted by atomic mass is 9.90. The number of nitrogens with zero attached hydrogens (tertiary/aromatic N) is 1. The average Bonchev–Trinajstić information content (AvgIpc) is 2.54. The van der Waals surface area contributed by atoms with Gasteiger partial charge in [0.05, 0.1) is 6.61 Å². The fraction of sp³-hybridized carbons (Fsp3) is 0.632. The van der Waals surface area contributed by atoms with Crippen molar-refractivity contribution in [2.45, 2.75) is 57.5 Å². The van der Waals surface area contributed by atoms with Crippen molar-refractivity contribution in [1.29, 1.82) is 0 Å². The van der Waals surface area contributed by atoms with Crippen molar-refractivity contribution >= 4 is 5.91 Å². The SMILES string of the molecule is CCOc1ccccc1CCC(=O)N[C@@H]1CCC[C@@H](N(C)C)C1. The van der Waals surface area contributed by atoms with E-state index >= 15 is 0 Å². The van der Waals surface area contributed by atoms with Gasteiger partial charge in [-0.1, -0.05) is 18.2 Å². The summed E-state index contributed by atoms with van der Waals surface area (Å²) >= 11 is 0. The van der Waals surface area contributed by atoms with Crippen LogP contribution in [0.3, 0.4) is 0 Å². The number of ether oxygens (including phenoxy) is 1. The summed E-state index contributed by atoms with van der Waals surface area (Å²) < 4.78 is 5.62. The van der Waals surface area contributed by atoms with Crippen LogP contribution in [0.5, 0.6) is 5.75 Å². The van der Waals surface area contributed by atoms with Crippen LogP contribution in [0.4, 0.5) is 0 Å². The van der Waals surface area contributed by atoms with E-state index in [4.69, 9.17) is 4.74 Å². The Balaban J connectivity index is 1.81. The minimum Gasteiger partial charge on any atom is -0.494 e. The highest BCUT2D eigenvalue weighted by Crippen LogP contribution is 2.22. The van der Waals surface area contributed by atoms with Gasteiger partial charge in [0.25, 0.3) is 0 Å². The van der Waals surface area contributed by atoms with Gasteiger partial charge in [-0.2, -0.15) is 0 Å². The Labute approximate surface area is 140 Å². The van der Waals surface area contributed by atoms with Crippen molar-refractivity contribution in [2.24, 2.45) is 0 Å². The number of aryl methyl sites for hydroxylation is 1. The molecule has 1 amide bonds. The summed E-state index contributed by atoms with van der Waals surface area (Å²) in [7, 11) is 4.25. The monoisotopic (exact) mass is 318 g/mol. The number of hydrogen-bond acceptors (Lipinski definition) is 3. The van der Waals surface area contributed by atoms with Crippen LogP contribution in [0, 0.1) is 0 Å². The first-order chi connectivity index (χ1) is 11.1. The number of rotatable bonds is 7. The first kappa shape index (κ1) is 17.8. The van der Waals surface area contributed by atoms with Gasteiger partial charge >= 0.3 is 0 Å². The molecule has 2 rings (SSSR count). The Morgan fingerprint density at radius 1 is 1.30 bits per heavy atom. The number of nitrogens with one attached hydrogen (secondary N) is 1. The summed E-state index contributed by atoms with van der Waals surface area (Å²) in [5.74, 6) is 1.05. The van der Waals surface area contributed by atoms with E-state index in [9.17, 15) is 4.79 Å². The summed E-state index contributed by atoms with van der Waals surface area (Å²) in [4.78, 5) is 14.5. The van der Waals surface area contributed by atoms with Crippen LogP contribution in [-0.4, -0.2) is 43.6 Å². The molecule has 0 unspecified atom stereocenters. The maximum absolute atomic E-state index is 12.3.